The van der Waals surface area contributed by atoms with Crippen LogP contribution >= 0.6 is 0 Å². The van der Waals surface area contributed by atoms with Crippen LogP contribution in [0.25, 0.3) is 5.69 Å². The van der Waals surface area contributed by atoms with Gasteiger partial charge in [-0.2, -0.15) is 0 Å². The summed E-state index contributed by atoms with van der Waals surface area (Å²) in [4.78, 5) is 23.5. The molecule has 2 amide bonds. The first-order chi connectivity index (χ1) is 12.9. The van der Waals surface area contributed by atoms with E-state index in [2.05, 4.69) is 20.9 Å². The molecule has 2 rings (SSSR count). The van der Waals surface area contributed by atoms with Crippen LogP contribution in [0.2, 0.25) is 0 Å². The molecule has 0 radical (unpaired) electrons. The quantitative estimate of drug-likeness (QED) is 0.770. The van der Waals surface area contributed by atoms with Gasteiger partial charge in [-0.25, -0.2) is 14.3 Å². The number of benzene rings is 1. The Balaban J connectivity index is 2.16. The number of ether oxygens (including phenoxy) is 2. The molecule has 9 nitrogen and oxygen atoms in total. The Hall–Kier alpha value is -3.10. The molecule has 1 heterocycles. The van der Waals surface area contributed by atoms with Crippen LogP contribution in [0.4, 0.5) is 9.59 Å². The minimum absolute atomic E-state index is 0.0416. The summed E-state index contributed by atoms with van der Waals surface area (Å²) < 4.78 is 12.0. The van der Waals surface area contributed by atoms with E-state index < -0.39 is 12.2 Å². The lowest BCUT2D eigenvalue weighted by Crippen LogP contribution is -2.31. The molecule has 0 fully saturated rings. The summed E-state index contributed by atoms with van der Waals surface area (Å²) in [7, 11) is 0. The third-order valence-electron chi connectivity index (χ3n) is 3.34. The molecule has 0 aliphatic carbocycles. The maximum absolute atomic E-state index is 11.8. The first-order valence-corrected chi connectivity index (χ1v) is 8.72. The average Bonchev–Trinajstić information content (AvgIpc) is 3.00. The molecule has 0 unspecified atom stereocenters. The second-order valence-electron chi connectivity index (χ2n) is 6.48. The van der Waals surface area contributed by atoms with Gasteiger partial charge in [0, 0.05) is 12.1 Å². The van der Waals surface area contributed by atoms with Gasteiger partial charge in [-0.15, -0.1) is 5.10 Å². The second kappa shape index (κ2) is 9.56. The van der Waals surface area contributed by atoms with E-state index in [1.807, 2.05) is 58.0 Å². The number of carbonyl (C=O) groups excluding carboxylic acids is 2. The fraction of sp³-hybridized carbons (Fsp3) is 0.444. The van der Waals surface area contributed by atoms with Crippen molar-refractivity contribution in [3.63, 3.8) is 0 Å². The highest BCUT2D eigenvalue weighted by atomic mass is 16.6. The van der Waals surface area contributed by atoms with Crippen LogP contribution in [0.15, 0.2) is 30.3 Å². The van der Waals surface area contributed by atoms with Gasteiger partial charge in [-0.1, -0.05) is 23.4 Å². The third kappa shape index (κ3) is 6.28. The molecule has 9 heteroatoms. The molecular weight excluding hydrogens is 350 g/mol. The zero-order chi connectivity index (χ0) is 19.8. The summed E-state index contributed by atoms with van der Waals surface area (Å²) in [6.07, 6.45) is -1.10. The Morgan fingerprint density at radius 1 is 0.963 bits per heavy atom. The maximum Gasteiger partial charge on any atom is 0.407 e. The minimum Gasteiger partial charge on any atom is -0.443 e. The predicted octanol–water partition coefficient (Wildman–Crippen LogP) is 2.54. The summed E-state index contributed by atoms with van der Waals surface area (Å²) >= 11 is 0. The summed E-state index contributed by atoms with van der Waals surface area (Å²) in [6.45, 7) is 7.19. The number of hydrogen-bond acceptors (Lipinski definition) is 6. The molecule has 0 saturated carbocycles. The van der Waals surface area contributed by atoms with Crippen LogP contribution in [0, 0.1) is 0 Å². The summed E-state index contributed by atoms with van der Waals surface area (Å²) in [5, 5.41) is 13.5. The van der Waals surface area contributed by atoms with Crippen molar-refractivity contribution in [3.8, 4) is 5.69 Å². The summed E-state index contributed by atoms with van der Waals surface area (Å²) in [6, 6.07) is 9.22. The first kappa shape index (κ1) is 20.2. The van der Waals surface area contributed by atoms with Crippen LogP contribution < -0.4 is 10.6 Å². The van der Waals surface area contributed by atoms with Gasteiger partial charge < -0.3 is 20.1 Å². The normalized spacial score (nSPS) is 10.7. The Morgan fingerprint density at radius 3 is 2.07 bits per heavy atom. The van der Waals surface area contributed by atoms with Gasteiger partial charge in [0.25, 0.3) is 0 Å². The van der Waals surface area contributed by atoms with Crippen molar-refractivity contribution in [2.24, 2.45) is 0 Å². The number of hydrogen-bond donors (Lipinski definition) is 2. The third-order valence-corrected chi connectivity index (χ3v) is 3.34. The Bertz CT molecular complexity index is 758. The molecule has 0 spiro atoms. The van der Waals surface area contributed by atoms with Crippen LogP contribution in [0.3, 0.4) is 0 Å². The van der Waals surface area contributed by atoms with Crippen LogP contribution in [-0.2, 0) is 22.7 Å². The number of nitrogens with one attached hydrogen (secondary N) is 2. The van der Waals surface area contributed by atoms with E-state index in [0.717, 1.165) is 5.69 Å². The predicted molar refractivity (Wildman–Crippen MR) is 98.3 cm³/mol. The largest absolute Gasteiger partial charge is 0.443 e. The average molecular weight is 375 g/mol. The van der Waals surface area contributed by atoms with Crippen molar-refractivity contribution < 1.29 is 19.1 Å². The van der Waals surface area contributed by atoms with Crippen LogP contribution in [0.5, 0.6) is 0 Å². The van der Waals surface area contributed by atoms with Gasteiger partial charge in [0.15, 0.2) is 0 Å². The molecule has 1 aromatic heterocycles. The molecule has 0 saturated heterocycles. The molecule has 146 valence electrons. The van der Waals surface area contributed by atoms with Crippen molar-refractivity contribution in [2.75, 3.05) is 0 Å². The van der Waals surface area contributed by atoms with Crippen molar-refractivity contribution in [1.29, 1.82) is 0 Å². The van der Waals surface area contributed by atoms with Crippen LogP contribution in [-0.4, -0.2) is 39.3 Å². The molecular formula is C18H25N5O4. The minimum atomic E-state index is -0.552. The van der Waals surface area contributed by atoms with E-state index in [1.165, 1.54) is 0 Å². The van der Waals surface area contributed by atoms with E-state index in [-0.39, 0.29) is 25.3 Å². The summed E-state index contributed by atoms with van der Waals surface area (Å²) in [5.41, 5.74) is 1.69. The standard InChI is InChI=1S/C18H25N5O4/c1-12(2)19-17(24)26-10-15-16(11-27-18(25)20-13(3)4)23(22-21-15)14-8-6-5-7-9-14/h5-9,12-13H,10-11H2,1-4H3,(H,19,24)(H,20,25). The molecule has 2 N–H and O–H groups in total. The highest BCUT2D eigenvalue weighted by molar-refractivity contribution is 5.68. The first-order valence-electron chi connectivity index (χ1n) is 8.72. The Labute approximate surface area is 158 Å². The number of rotatable bonds is 7. The molecule has 0 bridgehead atoms. The molecule has 27 heavy (non-hydrogen) atoms. The SMILES string of the molecule is CC(C)NC(=O)OCc1nnn(-c2ccccc2)c1COC(=O)NC(C)C. The topological polar surface area (TPSA) is 107 Å². The van der Waals surface area contributed by atoms with Crippen molar-refractivity contribution in [1.82, 2.24) is 25.6 Å². The number of carbonyl (C=O) groups is 2. The van der Waals surface area contributed by atoms with Gasteiger partial charge in [0.2, 0.25) is 0 Å². The van der Waals surface area contributed by atoms with Crippen molar-refractivity contribution in [3.05, 3.63) is 41.7 Å². The van der Waals surface area contributed by atoms with Gasteiger partial charge in [0.1, 0.15) is 24.6 Å². The zero-order valence-electron chi connectivity index (χ0n) is 15.9. The maximum atomic E-state index is 11.8. The fourth-order valence-corrected chi connectivity index (χ4v) is 2.19. The highest BCUT2D eigenvalue weighted by Crippen LogP contribution is 2.15. The second-order valence-corrected chi connectivity index (χ2v) is 6.48. The van der Waals surface area contributed by atoms with Crippen molar-refractivity contribution in [2.45, 2.75) is 53.0 Å². The number of nitrogens with zero attached hydrogens (tertiary/aromatic N) is 3. The van der Waals surface area contributed by atoms with Crippen LogP contribution in [0.1, 0.15) is 39.1 Å². The number of para-hydroxylation sites is 1. The number of alkyl carbamates (subject to hydrolysis) is 2. The monoisotopic (exact) mass is 375 g/mol. The molecule has 2 aromatic rings. The molecule has 1 aromatic carbocycles. The van der Waals surface area contributed by atoms with E-state index >= 15 is 0 Å². The smallest absolute Gasteiger partial charge is 0.407 e. The van der Waals surface area contributed by atoms with Gasteiger partial charge in [-0.05, 0) is 39.8 Å². The fourth-order valence-electron chi connectivity index (χ4n) is 2.19. The lowest BCUT2D eigenvalue weighted by molar-refractivity contribution is 0.127. The summed E-state index contributed by atoms with van der Waals surface area (Å²) in [5.74, 6) is 0. The van der Waals surface area contributed by atoms with E-state index in [9.17, 15) is 9.59 Å². The van der Waals surface area contributed by atoms with Gasteiger partial charge in [-0.3, -0.25) is 0 Å². The number of aromatic nitrogens is 3. The van der Waals surface area contributed by atoms with E-state index in [4.69, 9.17) is 9.47 Å². The lowest BCUT2D eigenvalue weighted by atomic mass is 10.3. The number of amides is 2. The van der Waals surface area contributed by atoms with Gasteiger partial charge in [0.05, 0.1) is 5.69 Å². The highest BCUT2D eigenvalue weighted by Gasteiger charge is 2.18. The Morgan fingerprint density at radius 2 is 1.52 bits per heavy atom. The molecule has 0 aliphatic rings. The van der Waals surface area contributed by atoms with Gasteiger partial charge >= 0.3 is 12.2 Å². The van der Waals surface area contributed by atoms with E-state index in [1.54, 1.807) is 4.68 Å². The Kier molecular flexibility index (Phi) is 7.16. The zero-order valence-corrected chi connectivity index (χ0v) is 15.9. The van der Waals surface area contributed by atoms with Crippen molar-refractivity contribution >= 4 is 12.2 Å². The molecule has 0 atom stereocenters. The lowest BCUT2D eigenvalue weighted by Gasteiger charge is -2.12. The molecule has 0 aliphatic heterocycles. The van der Waals surface area contributed by atoms with E-state index in [0.29, 0.717) is 11.4 Å².